The molecule has 0 spiro atoms. The standard InChI is InChI=1S/C23H30N2O5/c1-28-22(26)7-6-17-14-24(9-8-20(17)25-10-12-29-13-11-25)15-18-16-30-21-5-3-2-4-19(21)23(18)27/h2-5,16-17,20H,6-15H2,1H3/t17-,20+/m1/s1. The molecular formula is C23H30N2O5. The molecule has 4 rings (SSSR count). The maximum atomic E-state index is 12.9. The highest BCUT2D eigenvalue weighted by molar-refractivity contribution is 5.76. The molecule has 0 bridgehead atoms. The fourth-order valence-electron chi connectivity index (χ4n) is 4.79. The van der Waals surface area contributed by atoms with Crippen molar-refractivity contribution in [1.29, 1.82) is 0 Å². The summed E-state index contributed by atoms with van der Waals surface area (Å²) in [7, 11) is 1.44. The van der Waals surface area contributed by atoms with E-state index in [2.05, 4.69) is 9.80 Å². The largest absolute Gasteiger partial charge is 0.469 e. The first-order valence-electron chi connectivity index (χ1n) is 10.8. The third kappa shape index (κ3) is 4.74. The summed E-state index contributed by atoms with van der Waals surface area (Å²) in [5.41, 5.74) is 1.34. The lowest BCUT2D eigenvalue weighted by Crippen LogP contribution is -2.54. The molecule has 0 saturated carbocycles. The number of hydrogen-bond donors (Lipinski definition) is 0. The molecular weight excluding hydrogens is 384 g/mol. The molecule has 0 N–H and O–H groups in total. The van der Waals surface area contributed by atoms with Gasteiger partial charge in [-0.05, 0) is 30.9 Å². The summed E-state index contributed by atoms with van der Waals surface area (Å²) in [5, 5.41) is 0.625. The van der Waals surface area contributed by atoms with Gasteiger partial charge >= 0.3 is 5.97 Å². The number of methoxy groups -OCH3 is 1. The summed E-state index contributed by atoms with van der Waals surface area (Å²) in [6, 6.07) is 7.79. The van der Waals surface area contributed by atoms with Crippen molar-refractivity contribution in [3.8, 4) is 0 Å². The van der Waals surface area contributed by atoms with Crippen molar-refractivity contribution in [3.63, 3.8) is 0 Å². The minimum atomic E-state index is -0.164. The van der Waals surface area contributed by atoms with Crippen molar-refractivity contribution >= 4 is 16.9 Å². The number of rotatable bonds is 6. The summed E-state index contributed by atoms with van der Waals surface area (Å²) in [6.45, 7) is 5.75. The second-order valence-electron chi connectivity index (χ2n) is 8.20. The van der Waals surface area contributed by atoms with Gasteiger partial charge < -0.3 is 13.9 Å². The molecule has 0 amide bonds. The van der Waals surface area contributed by atoms with Gasteiger partial charge in [0.15, 0.2) is 5.43 Å². The summed E-state index contributed by atoms with van der Waals surface area (Å²) >= 11 is 0. The number of benzene rings is 1. The average Bonchev–Trinajstić information content (AvgIpc) is 2.80. The van der Waals surface area contributed by atoms with Gasteiger partial charge in [-0.3, -0.25) is 19.4 Å². The molecule has 2 fully saturated rings. The van der Waals surface area contributed by atoms with Gasteiger partial charge in [0, 0.05) is 50.7 Å². The molecule has 0 radical (unpaired) electrons. The number of carbonyl (C=O) groups is 1. The minimum absolute atomic E-state index is 0.0401. The fraction of sp³-hybridized carbons (Fsp3) is 0.565. The summed E-state index contributed by atoms with van der Waals surface area (Å²) in [6.07, 6.45) is 3.83. The molecule has 7 heteroatoms. The molecule has 0 aliphatic carbocycles. The minimum Gasteiger partial charge on any atom is -0.469 e. The number of carbonyl (C=O) groups excluding carboxylic acids is 1. The number of ether oxygens (including phenoxy) is 2. The Hall–Kier alpha value is -2.22. The van der Waals surface area contributed by atoms with E-state index in [0.717, 1.165) is 52.2 Å². The van der Waals surface area contributed by atoms with Gasteiger partial charge in [0.25, 0.3) is 0 Å². The highest BCUT2D eigenvalue weighted by atomic mass is 16.5. The molecule has 2 aromatic rings. The Balaban J connectivity index is 1.47. The Morgan fingerprint density at radius 1 is 1.20 bits per heavy atom. The highest BCUT2D eigenvalue weighted by Gasteiger charge is 2.34. The van der Waals surface area contributed by atoms with Gasteiger partial charge in [-0.15, -0.1) is 0 Å². The summed E-state index contributed by atoms with van der Waals surface area (Å²) in [4.78, 5) is 29.5. The molecule has 3 heterocycles. The van der Waals surface area contributed by atoms with Crippen molar-refractivity contribution < 1.29 is 18.7 Å². The number of hydrogen-bond acceptors (Lipinski definition) is 7. The normalized spacial score (nSPS) is 23.5. The predicted molar refractivity (Wildman–Crippen MR) is 113 cm³/mol. The molecule has 1 aromatic carbocycles. The van der Waals surface area contributed by atoms with Crippen LogP contribution in [0.15, 0.2) is 39.7 Å². The maximum Gasteiger partial charge on any atom is 0.305 e. The second-order valence-corrected chi connectivity index (χ2v) is 8.20. The van der Waals surface area contributed by atoms with Crippen molar-refractivity contribution in [1.82, 2.24) is 9.80 Å². The quantitative estimate of drug-likeness (QED) is 0.672. The highest BCUT2D eigenvalue weighted by Crippen LogP contribution is 2.28. The Bertz CT molecular complexity index is 921. The van der Waals surface area contributed by atoms with Crippen molar-refractivity contribution in [2.75, 3.05) is 46.5 Å². The lowest BCUT2D eigenvalue weighted by molar-refractivity contribution is -0.141. The lowest BCUT2D eigenvalue weighted by atomic mass is 9.86. The Morgan fingerprint density at radius 2 is 2.00 bits per heavy atom. The van der Waals surface area contributed by atoms with E-state index in [9.17, 15) is 9.59 Å². The van der Waals surface area contributed by atoms with E-state index in [-0.39, 0.29) is 11.4 Å². The lowest BCUT2D eigenvalue weighted by Gasteiger charge is -2.45. The van der Waals surface area contributed by atoms with E-state index in [4.69, 9.17) is 13.9 Å². The van der Waals surface area contributed by atoms with E-state index >= 15 is 0 Å². The van der Waals surface area contributed by atoms with Crippen LogP contribution >= 0.6 is 0 Å². The van der Waals surface area contributed by atoms with Gasteiger partial charge in [0.05, 0.1) is 32.0 Å². The Labute approximate surface area is 176 Å². The number of esters is 1. The van der Waals surface area contributed by atoms with E-state index in [1.54, 1.807) is 6.26 Å². The van der Waals surface area contributed by atoms with E-state index in [1.807, 2.05) is 24.3 Å². The topological polar surface area (TPSA) is 72.2 Å². The average molecular weight is 415 g/mol. The number of morpholine rings is 1. The number of nitrogens with zero attached hydrogens (tertiary/aromatic N) is 2. The Kier molecular flexibility index (Phi) is 6.82. The first-order chi connectivity index (χ1) is 14.7. The first-order valence-corrected chi connectivity index (χ1v) is 10.8. The molecule has 1 aromatic heterocycles. The number of likely N-dealkylation sites (tertiary alicyclic amines) is 1. The van der Waals surface area contributed by atoms with Crippen LogP contribution in [0, 0.1) is 5.92 Å². The van der Waals surface area contributed by atoms with E-state index < -0.39 is 0 Å². The number of piperidine rings is 1. The van der Waals surface area contributed by atoms with E-state index in [1.165, 1.54) is 7.11 Å². The van der Waals surface area contributed by atoms with Gasteiger partial charge in [-0.2, -0.15) is 0 Å². The van der Waals surface area contributed by atoms with Gasteiger partial charge in [-0.1, -0.05) is 12.1 Å². The predicted octanol–water partition coefficient (Wildman–Crippen LogP) is 2.27. The fourth-order valence-corrected chi connectivity index (χ4v) is 4.79. The second kappa shape index (κ2) is 9.73. The summed E-state index contributed by atoms with van der Waals surface area (Å²) in [5.74, 6) is 0.187. The molecule has 2 atom stereocenters. The van der Waals surface area contributed by atoms with Crippen LogP contribution in [-0.4, -0.2) is 68.3 Å². The third-order valence-corrected chi connectivity index (χ3v) is 6.39. The molecule has 0 unspecified atom stereocenters. The zero-order chi connectivity index (χ0) is 20.9. The first kappa shape index (κ1) is 21.0. The molecule has 162 valence electrons. The number of para-hydroxylation sites is 1. The summed E-state index contributed by atoms with van der Waals surface area (Å²) < 4.78 is 16.1. The van der Waals surface area contributed by atoms with Crippen LogP contribution < -0.4 is 5.43 Å². The molecule has 30 heavy (non-hydrogen) atoms. The van der Waals surface area contributed by atoms with Crippen LogP contribution in [0.4, 0.5) is 0 Å². The molecule has 7 nitrogen and oxygen atoms in total. The van der Waals surface area contributed by atoms with Crippen LogP contribution in [0.2, 0.25) is 0 Å². The smallest absolute Gasteiger partial charge is 0.305 e. The van der Waals surface area contributed by atoms with Crippen LogP contribution in [0.3, 0.4) is 0 Å². The SMILES string of the molecule is COC(=O)CC[C@@H]1CN(Cc2coc3ccccc3c2=O)CC[C@@H]1N1CCOCC1. The molecule has 2 saturated heterocycles. The molecule has 2 aliphatic rings. The van der Waals surface area contributed by atoms with Gasteiger partial charge in [0.2, 0.25) is 0 Å². The van der Waals surface area contributed by atoms with Crippen LogP contribution in [0.1, 0.15) is 24.8 Å². The monoisotopic (exact) mass is 414 g/mol. The number of fused-ring (bicyclic) bond motifs is 1. The van der Waals surface area contributed by atoms with Crippen LogP contribution in [0.5, 0.6) is 0 Å². The third-order valence-electron chi connectivity index (χ3n) is 6.39. The Morgan fingerprint density at radius 3 is 2.80 bits per heavy atom. The van der Waals surface area contributed by atoms with Gasteiger partial charge in [0.1, 0.15) is 5.58 Å². The van der Waals surface area contributed by atoms with Gasteiger partial charge in [-0.25, -0.2) is 0 Å². The van der Waals surface area contributed by atoms with Crippen LogP contribution in [-0.2, 0) is 20.8 Å². The van der Waals surface area contributed by atoms with E-state index in [0.29, 0.717) is 41.5 Å². The zero-order valence-corrected chi connectivity index (χ0v) is 17.5. The molecule has 2 aliphatic heterocycles. The van der Waals surface area contributed by atoms with Crippen LogP contribution in [0.25, 0.3) is 11.0 Å². The maximum absolute atomic E-state index is 12.9. The van der Waals surface area contributed by atoms with Crippen molar-refractivity contribution in [3.05, 3.63) is 46.3 Å². The van der Waals surface area contributed by atoms with Crippen molar-refractivity contribution in [2.45, 2.75) is 31.8 Å². The zero-order valence-electron chi connectivity index (χ0n) is 17.5. The van der Waals surface area contributed by atoms with Crippen molar-refractivity contribution in [2.24, 2.45) is 5.92 Å².